The normalized spacial score (nSPS) is 9.56. The summed E-state index contributed by atoms with van der Waals surface area (Å²) in [6.45, 7) is 5.42. The molecular formula is C7H15NO. The van der Waals surface area contributed by atoms with Gasteiger partial charge in [-0.05, 0) is 13.3 Å². The van der Waals surface area contributed by atoms with Crippen LogP contribution in [0.25, 0.3) is 0 Å². The average molecular weight is 129 g/mol. The molecule has 0 heterocycles. The van der Waals surface area contributed by atoms with Crippen molar-refractivity contribution in [3.63, 3.8) is 0 Å². The second-order valence-corrected chi connectivity index (χ2v) is 2.14. The topological polar surface area (TPSA) is 33.1 Å². The standard InChI is InChI=1S/C7H15NO/c1-3-5-9-6-4-7(2)8/h8H,3-6H2,1-2H3. The molecule has 0 bridgehead atoms. The van der Waals surface area contributed by atoms with Crippen molar-refractivity contribution < 1.29 is 4.74 Å². The smallest absolute Gasteiger partial charge is 0.0517 e. The predicted octanol–water partition coefficient (Wildman–Crippen LogP) is 1.84. The van der Waals surface area contributed by atoms with E-state index >= 15 is 0 Å². The molecule has 1 N–H and O–H groups in total. The number of nitrogens with one attached hydrogen (secondary N) is 1. The van der Waals surface area contributed by atoms with Crippen molar-refractivity contribution in [1.29, 1.82) is 5.41 Å². The molecule has 0 aromatic rings. The number of hydrogen-bond donors (Lipinski definition) is 1. The van der Waals surface area contributed by atoms with Gasteiger partial charge in [-0.15, -0.1) is 0 Å². The van der Waals surface area contributed by atoms with E-state index in [9.17, 15) is 0 Å². The van der Waals surface area contributed by atoms with Gasteiger partial charge in [-0.1, -0.05) is 6.92 Å². The first-order valence-electron chi connectivity index (χ1n) is 3.39. The van der Waals surface area contributed by atoms with Gasteiger partial charge in [0.05, 0.1) is 6.61 Å². The zero-order chi connectivity index (χ0) is 7.11. The molecule has 2 nitrogen and oxygen atoms in total. The van der Waals surface area contributed by atoms with Crippen molar-refractivity contribution >= 4 is 5.71 Å². The third-order valence-corrected chi connectivity index (χ3v) is 0.970. The average Bonchev–Trinajstić information content (AvgIpc) is 1.80. The maximum atomic E-state index is 7.05. The summed E-state index contributed by atoms with van der Waals surface area (Å²) in [6.07, 6.45) is 1.84. The summed E-state index contributed by atoms with van der Waals surface area (Å²) in [5, 5.41) is 7.05. The zero-order valence-electron chi connectivity index (χ0n) is 6.24. The first kappa shape index (κ1) is 8.63. The first-order valence-corrected chi connectivity index (χ1v) is 3.39. The van der Waals surface area contributed by atoms with Gasteiger partial charge in [0.1, 0.15) is 0 Å². The Kier molecular flexibility index (Phi) is 5.52. The van der Waals surface area contributed by atoms with E-state index in [1.54, 1.807) is 6.92 Å². The lowest BCUT2D eigenvalue weighted by molar-refractivity contribution is 0.141. The molecule has 0 saturated heterocycles. The predicted molar refractivity (Wildman–Crippen MR) is 39.1 cm³/mol. The summed E-state index contributed by atoms with van der Waals surface area (Å²) in [5.41, 5.74) is 0.700. The van der Waals surface area contributed by atoms with Crippen LogP contribution in [0.1, 0.15) is 26.7 Å². The Morgan fingerprint density at radius 2 is 2.11 bits per heavy atom. The molecule has 0 aromatic heterocycles. The van der Waals surface area contributed by atoms with Gasteiger partial charge in [-0.3, -0.25) is 0 Å². The number of hydrogen-bond acceptors (Lipinski definition) is 2. The lowest BCUT2D eigenvalue weighted by Gasteiger charge is -1.99. The van der Waals surface area contributed by atoms with Crippen LogP contribution in [0.3, 0.4) is 0 Å². The minimum Gasteiger partial charge on any atom is -0.381 e. The van der Waals surface area contributed by atoms with Crippen molar-refractivity contribution in [2.45, 2.75) is 26.7 Å². The lowest BCUT2D eigenvalue weighted by Crippen LogP contribution is -1.99. The van der Waals surface area contributed by atoms with E-state index < -0.39 is 0 Å². The molecule has 0 aromatic carbocycles. The second kappa shape index (κ2) is 5.76. The van der Waals surface area contributed by atoms with E-state index in [1.807, 2.05) is 0 Å². The van der Waals surface area contributed by atoms with Crippen LogP contribution in [0.15, 0.2) is 0 Å². The summed E-state index contributed by atoms with van der Waals surface area (Å²) >= 11 is 0. The van der Waals surface area contributed by atoms with Crippen LogP contribution >= 0.6 is 0 Å². The van der Waals surface area contributed by atoms with Crippen LogP contribution in [0.4, 0.5) is 0 Å². The van der Waals surface area contributed by atoms with E-state index in [1.165, 1.54) is 0 Å². The second-order valence-electron chi connectivity index (χ2n) is 2.14. The Hall–Kier alpha value is -0.370. The van der Waals surface area contributed by atoms with E-state index in [4.69, 9.17) is 10.1 Å². The first-order chi connectivity index (χ1) is 4.27. The van der Waals surface area contributed by atoms with Crippen LogP contribution in [0, 0.1) is 5.41 Å². The molecule has 54 valence electrons. The van der Waals surface area contributed by atoms with Gasteiger partial charge in [-0.2, -0.15) is 0 Å². The van der Waals surface area contributed by atoms with Gasteiger partial charge in [0, 0.05) is 18.7 Å². The van der Waals surface area contributed by atoms with Crippen molar-refractivity contribution in [3.05, 3.63) is 0 Å². The van der Waals surface area contributed by atoms with Gasteiger partial charge < -0.3 is 10.1 Å². The molecule has 0 amide bonds. The molecule has 0 atom stereocenters. The molecule has 9 heavy (non-hydrogen) atoms. The molecule has 0 aliphatic heterocycles. The number of rotatable bonds is 5. The number of ether oxygens (including phenoxy) is 1. The van der Waals surface area contributed by atoms with Crippen LogP contribution < -0.4 is 0 Å². The van der Waals surface area contributed by atoms with Crippen LogP contribution in [-0.4, -0.2) is 18.9 Å². The van der Waals surface area contributed by atoms with Crippen LogP contribution in [0.2, 0.25) is 0 Å². The van der Waals surface area contributed by atoms with Crippen LogP contribution in [0.5, 0.6) is 0 Å². The molecular weight excluding hydrogens is 114 g/mol. The van der Waals surface area contributed by atoms with E-state index in [2.05, 4.69) is 6.92 Å². The fourth-order valence-corrected chi connectivity index (χ4v) is 0.472. The van der Waals surface area contributed by atoms with Crippen molar-refractivity contribution in [2.24, 2.45) is 0 Å². The van der Waals surface area contributed by atoms with E-state index in [-0.39, 0.29) is 0 Å². The molecule has 0 fully saturated rings. The molecule has 0 unspecified atom stereocenters. The fourth-order valence-electron chi connectivity index (χ4n) is 0.472. The lowest BCUT2D eigenvalue weighted by atomic mass is 10.3. The Balaban J connectivity index is 2.83. The molecule has 0 aliphatic rings. The minimum absolute atomic E-state index is 0.700. The SMILES string of the molecule is CCCOCCC(C)=N. The Bertz CT molecular complexity index is 81.0. The van der Waals surface area contributed by atoms with Gasteiger partial charge in [0.25, 0.3) is 0 Å². The monoisotopic (exact) mass is 129 g/mol. The molecule has 0 aliphatic carbocycles. The maximum absolute atomic E-state index is 7.05. The summed E-state index contributed by atoms with van der Waals surface area (Å²) in [6, 6.07) is 0. The van der Waals surface area contributed by atoms with Crippen molar-refractivity contribution in [3.8, 4) is 0 Å². The largest absolute Gasteiger partial charge is 0.381 e. The zero-order valence-corrected chi connectivity index (χ0v) is 6.24. The van der Waals surface area contributed by atoms with E-state index in [0.29, 0.717) is 12.3 Å². The van der Waals surface area contributed by atoms with Gasteiger partial charge in [0.2, 0.25) is 0 Å². The van der Waals surface area contributed by atoms with Crippen LogP contribution in [-0.2, 0) is 4.74 Å². The summed E-state index contributed by atoms with van der Waals surface area (Å²) < 4.78 is 5.15. The highest BCUT2D eigenvalue weighted by atomic mass is 16.5. The molecule has 0 rings (SSSR count). The van der Waals surface area contributed by atoms with E-state index in [0.717, 1.165) is 19.4 Å². The van der Waals surface area contributed by atoms with Gasteiger partial charge in [0.15, 0.2) is 0 Å². The summed E-state index contributed by atoms with van der Waals surface area (Å²) in [7, 11) is 0. The third kappa shape index (κ3) is 7.63. The quantitative estimate of drug-likeness (QED) is 0.446. The Labute approximate surface area is 56.7 Å². The molecule has 0 radical (unpaired) electrons. The maximum Gasteiger partial charge on any atom is 0.0517 e. The molecule has 0 spiro atoms. The fraction of sp³-hybridized carbons (Fsp3) is 0.857. The Morgan fingerprint density at radius 3 is 2.56 bits per heavy atom. The van der Waals surface area contributed by atoms with Crippen molar-refractivity contribution in [2.75, 3.05) is 13.2 Å². The molecule has 0 saturated carbocycles. The third-order valence-electron chi connectivity index (χ3n) is 0.970. The highest BCUT2D eigenvalue weighted by molar-refractivity contribution is 5.78. The minimum atomic E-state index is 0.700. The summed E-state index contributed by atoms with van der Waals surface area (Å²) in [5.74, 6) is 0. The van der Waals surface area contributed by atoms with Gasteiger partial charge >= 0.3 is 0 Å². The highest BCUT2D eigenvalue weighted by Gasteiger charge is 1.87. The highest BCUT2D eigenvalue weighted by Crippen LogP contribution is 1.85. The van der Waals surface area contributed by atoms with Crippen molar-refractivity contribution in [1.82, 2.24) is 0 Å². The van der Waals surface area contributed by atoms with Gasteiger partial charge in [-0.25, -0.2) is 0 Å². The summed E-state index contributed by atoms with van der Waals surface area (Å²) in [4.78, 5) is 0. The Morgan fingerprint density at radius 1 is 1.44 bits per heavy atom. The molecule has 2 heteroatoms.